The van der Waals surface area contributed by atoms with Crippen molar-refractivity contribution in [3.63, 3.8) is 0 Å². The van der Waals surface area contributed by atoms with E-state index in [1.54, 1.807) is 29.2 Å². The minimum atomic E-state index is -0.475. The summed E-state index contributed by atoms with van der Waals surface area (Å²) in [6.07, 6.45) is 0. The lowest BCUT2D eigenvalue weighted by molar-refractivity contribution is 0.0600. The number of ether oxygens (including phenoxy) is 1. The number of benzene rings is 2. The molecule has 0 bridgehead atoms. The maximum Gasteiger partial charge on any atom is 0.337 e. The lowest BCUT2D eigenvalue weighted by Gasteiger charge is -2.18. The summed E-state index contributed by atoms with van der Waals surface area (Å²) in [5.41, 5.74) is 1.93. The number of thiocarbonyl (C=S) groups is 1. The molecular formula is C21H23N3O4S. The fourth-order valence-electron chi connectivity index (χ4n) is 2.60. The van der Waals surface area contributed by atoms with E-state index in [-0.39, 0.29) is 11.0 Å². The minimum absolute atomic E-state index is 0.0344. The molecule has 0 radical (unpaired) electrons. The summed E-state index contributed by atoms with van der Waals surface area (Å²) in [4.78, 5) is 37.8. The van der Waals surface area contributed by atoms with Crippen molar-refractivity contribution in [1.82, 2.24) is 10.2 Å². The largest absolute Gasteiger partial charge is 0.465 e. The van der Waals surface area contributed by atoms with E-state index < -0.39 is 11.9 Å². The van der Waals surface area contributed by atoms with Gasteiger partial charge in [0.1, 0.15) is 0 Å². The van der Waals surface area contributed by atoms with Crippen molar-refractivity contribution in [2.75, 3.05) is 25.5 Å². The summed E-state index contributed by atoms with van der Waals surface area (Å²) in [6, 6.07) is 12.9. The summed E-state index contributed by atoms with van der Waals surface area (Å²) in [6.45, 7) is 5.15. The zero-order valence-corrected chi connectivity index (χ0v) is 17.3. The van der Waals surface area contributed by atoms with E-state index >= 15 is 0 Å². The molecule has 0 aliphatic rings. The Kier molecular flexibility index (Phi) is 7.85. The van der Waals surface area contributed by atoms with Gasteiger partial charge in [0, 0.05) is 29.9 Å². The molecular weight excluding hydrogens is 390 g/mol. The predicted molar refractivity (Wildman–Crippen MR) is 115 cm³/mol. The van der Waals surface area contributed by atoms with Gasteiger partial charge >= 0.3 is 5.97 Å². The summed E-state index contributed by atoms with van der Waals surface area (Å²) >= 11 is 5.17. The van der Waals surface area contributed by atoms with Gasteiger partial charge in [-0.1, -0.05) is 0 Å². The Morgan fingerprint density at radius 1 is 0.897 bits per heavy atom. The molecule has 0 saturated carbocycles. The first-order chi connectivity index (χ1) is 13.9. The van der Waals surface area contributed by atoms with Gasteiger partial charge in [0.05, 0.1) is 12.7 Å². The summed E-state index contributed by atoms with van der Waals surface area (Å²) in [5, 5.41) is 5.60. The Hall–Kier alpha value is -3.26. The van der Waals surface area contributed by atoms with Crippen LogP contribution in [-0.2, 0) is 4.74 Å². The highest BCUT2D eigenvalue weighted by atomic mass is 32.1. The molecule has 0 spiro atoms. The van der Waals surface area contributed by atoms with Gasteiger partial charge in [0.2, 0.25) is 0 Å². The van der Waals surface area contributed by atoms with Crippen molar-refractivity contribution in [2.45, 2.75) is 13.8 Å². The molecule has 0 atom stereocenters. The number of methoxy groups -OCH3 is 1. The van der Waals surface area contributed by atoms with E-state index in [0.717, 1.165) is 0 Å². The minimum Gasteiger partial charge on any atom is -0.465 e. The van der Waals surface area contributed by atoms with E-state index in [1.165, 1.54) is 31.4 Å². The highest BCUT2D eigenvalue weighted by molar-refractivity contribution is 7.80. The van der Waals surface area contributed by atoms with Crippen molar-refractivity contribution in [2.24, 2.45) is 0 Å². The monoisotopic (exact) mass is 413 g/mol. The highest BCUT2D eigenvalue weighted by Gasteiger charge is 2.13. The van der Waals surface area contributed by atoms with Crippen molar-refractivity contribution < 1.29 is 19.1 Å². The Labute approximate surface area is 175 Å². The van der Waals surface area contributed by atoms with Gasteiger partial charge < -0.3 is 15.0 Å². The Bertz CT molecular complexity index is 891. The van der Waals surface area contributed by atoms with Crippen LogP contribution in [0.4, 0.5) is 5.69 Å². The van der Waals surface area contributed by atoms with Crippen molar-refractivity contribution >= 4 is 40.8 Å². The van der Waals surface area contributed by atoms with Gasteiger partial charge in [-0.3, -0.25) is 14.9 Å². The summed E-state index contributed by atoms with van der Waals surface area (Å²) < 4.78 is 4.62. The molecule has 0 aliphatic heterocycles. The van der Waals surface area contributed by atoms with Gasteiger partial charge in [-0.2, -0.15) is 0 Å². The van der Waals surface area contributed by atoms with Crippen molar-refractivity contribution in [3.8, 4) is 0 Å². The third-order valence-electron chi connectivity index (χ3n) is 4.24. The quantitative estimate of drug-likeness (QED) is 0.559. The number of nitrogens with one attached hydrogen (secondary N) is 2. The third kappa shape index (κ3) is 5.86. The summed E-state index contributed by atoms with van der Waals surface area (Å²) in [7, 11) is 1.29. The molecule has 0 aliphatic carbocycles. The number of carbonyl (C=O) groups is 3. The molecule has 0 saturated heterocycles. The molecule has 0 fully saturated rings. The number of carbonyl (C=O) groups excluding carboxylic acids is 3. The van der Waals surface area contributed by atoms with Gasteiger partial charge in [0.25, 0.3) is 11.8 Å². The Morgan fingerprint density at radius 2 is 1.41 bits per heavy atom. The SMILES string of the molecule is CCN(CC)C(=O)c1ccc(NC(=S)NC(=O)c2ccc(C(=O)OC)cc2)cc1. The maximum absolute atomic E-state index is 12.3. The van der Waals surface area contributed by atoms with Crippen molar-refractivity contribution in [3.05, 3.63) is 65.2 Å². The van der Waals surface area contributed by atoms with Gasteiger partial charge in [-0.05, 0) is 74.6 Å². The number of amides is 2. The van der Waals surface area contributed by atoms with Crippen LogP contribution in [0.5, 0.6) is 0 Å². The Morgan fingerprint density at radius 3 is 1.93 bits per heavy atom. The molecule has 0 heterocycles. The zero-order valence-electron chi connectivity index (χ0n) is 16.5. The number of hydrogen-bond acceptors (Lipinski definition) is 5. The molecule has 2 rings (SSSR count). The lowest BCUT2D eigenvalue weighted by atomic mass is 10.1. The molecule has 2 aromatic rings. The molecule has 7 nitrogen and oxygen atoms in total. The van der Waals surface area contributed by atoms with Crippen LogP contribution >= 0.6 is 12.2 Å². The average molecular weight is 413 g/mol. The first-order valence-electron chi connectivity index (χ1n) is 9.09. The van der Waals surface area contributed by atoms with E-state index in [2.05, 4.69) is 15.4 Å². The summed E-state index contributed by atoms with van der Waals surface area (Å²) in [5.74, 6) is -0.919. The maximum atomic E-state index is 12.3. The van der Waals surface area contributed by atoms with Crippen LogP contribution in [0.25, 0.3) is 0 Å². The number of hydrogen-bond donors (Lipinski definition) is 2. The fraction of sp³-hybridized carbons (Fsp3) is 0.238. The van der Waals surface area contributed by atoms with Crippen LogP contribution in [0.2, 0.25) is 0 Å². The topological polar surface area (TPSA) is 87.7 Å². The second-order valence-corrected chi connectivity index (χ2v) is 6.44. The van der Waals surface area contributed by atoms with Gasteiger partial charge in [0.15, 0.2) is 5.11 Å². The first-order valence-corrected chi connectivity index (χ1v) is 9.50. The first kappa shape index (κ1) is 22.0. The molecule has 152 valence electrons. The number of esters is 1. The van der Waals surface area contributed by atoms with E-state index in [0.29, 0.717) is 35.5 Å². The molecule has 29 heavy (non-hydrogen) atoms. The predicted octanol–water partition coefficient (Wildman–Crippen LogP) is 3.08. The zero-order chi connectivity index (χ0) is 21.4. The molecule has 0 aromatic heterocycles. The second-order valence-electron chi connectivity index (χ2n) is 6.03. The van der Waals surface area contributed by atoms with Crippen molar-refractivity contribution in [1.29, 1.82) is 0 Å². The number of nitrogens with zero attached hydrogens (tertiary/aromatic N) is 1. The van der Waals surface area contributed by atoms with E-state index in [9.17, 15) is 14.4 Å². The van der Waals surface area contributed by atoms with Gasteiger partial charge in [-0.15, -0.1) is 0 Å². The van der Waals surface area contributed by atoms with Crippen LogP contribution in [-0.4, -0.2) is 48.0 Å². The number of anilines is 1. The van der Waals surface area contributed by atoms with Gasteiger partial charge in [-0.25, -0.2) is 4.79 Å². The molecule has 2 aromatic carbocycles. The molecule has 2 N–H and O–H groups in total. The molecule has 8 heteroatoms. The molecule has 2 amide bonds. The smallest absolute Gasteiger partial charge is 0.337 e. The third-order valence-corrected chi connectivity index (χ3v) is 4.44. The van der Waals surface area contributed by atoms with Crippen LogP contribution in [0.3, 0.4) is 0 Å². The van der Waals surface area contributed by atoms with E-state index in [4.69, 9.17) is 12.2 Å². The Balaban J connectivity index is 1.95. The highest BCUT2D eigenvalue weighted by Crippen LogP contribution is 2.12. The van der Waals surface area contributed by atoms with Crippen LogP contribution in [0.15, 0.2) is 48.5 Å². The van der Waals surface area contributed by atoms with Crippen LogP contribution < -0.4 is 10.6 Å². The molecule has 0 unspecified atom stereocenters. The van der Waals surface area contributed by atoms with Crippen LogP contribution in [0, 0.1) is 0 Å². The average Bonchev–Trinajstić information content (AvgIpc) is 2.74. The lowest BCUT2D eigenvalue weighted by Crippen LogP contribution is -2.34. The van der Waals surface area contributed by atoms with Crippen LogP contribution in [0.1, 0.15) is 44.9 Å². The standard InChI is InChI=1S/C21H23N3O4S/c1-4-24(5-2)19(26)15-10-12-17(13-11-15)22-21(29)23-18(25)14-6-8-16(9-7-14)20(27)28-3/h6-13H,4-5H2,1-3H3,(H2,22,23,25,29). The fourth-order valence-corrected chi connectivity index (χ4v) is 2.81. The second kappa shape index (κ2) is 10.3. The normalized spacial score (nSPS) is 10.0. The number of rotatable bonds is 6. The van der Waals surface area contributed by atoms with E-state index in [1.807, 2.05) is 13.8 Å².